The SMILES string of the molecule is Cc1ccc2c(c1)OC(C)(C)OC2CO. The number of aliphatic hydroxyl groups excluding tert-OH is 1. The Morgan fingerprint density at radius 1 is 1.40 bits per heavy atom. The van der Waals surface area contributed by atoms with Gasteiger partial charge in [0.1, 0.15) is 11.9 Å². The summed E-state index contributed by atoms with van der Waals surface area (Å²) in [6.07, 6.45) is -0.288. The Labute approximate surface area is 89.6 Å². The van der Waals surface area contributed by atoms with Gasteiger partial charge in [0.2, 0.25) is 5.79 Å². The molecule has 0 bridgehead atoms. The number of benzene rings is 1. The zero-order chi connectivity index (χ0) is 11.1. The molecule has 2 rings (SSSR count). The van der Waals surface area contributed by atoms with Gasteiger partial charge in [0, 0.05) is 19.4 Å². The number of hydrogen-bond acceptors (Lipinski definition) is 3. The summed E-state index contributed by atoms with van der Waals surface area (Å²) >= 11 is 0. The van der Waals surface area contributed by atoms with Gasteiger partial charge < -0.3 is 14.6 Å². The van der Waals surface area contributed by atoms with Crippen molar-refractivity contribution in [1.29, 1.82) is 0 Å². The lowest BCUT2D eigenvalue weighted by Crippen LogP contribution is -2.38. The van der Waals surface area contributed by atoms with E-state index in [2.05, 4.69) is 0 Å². The van der Waals surface area contributed by atoms with E-state index in [4.69, 9.17) is 9.47 Å². The second-order valence-corrected chi connectivity index (χ2v) is 4.33. The predicted molar refractivity (Wildman–Crippen MR) is 56.8 cm³/mol. The first kappa shape index (κ1) is 10.5. The summed E-state index contributed by atoms with van der Waals surface area (Å²) in [4.78, 5) is 0. The first-order valence-electron chi connectivity index (χ1n) is 5.10. The Bertz CT molecular complexity index is 371. The summed E-state index contributed by atoms with van der Waals surface area (Å²) in [5.74, 6) is 0.138. The molecule has 3 heteroatoms. The Balaban J connectivity index is 2.44. The van der Waals surface area contributed by atoms with Gasteiger partial charge in [-0.05, 0) is 18.6 Å². The molecule has 0 radical (unpaired) electrons. The Hall–Kier alpha value is -1.06. The van der Waals surface area contributed by atoms with Crippen LogP contribution in [0.15, 0.2) is 18.2 Å². The molecule has 0 fully saturated rings. The number of hydrogen-bond donors (Lipinski definition) is 1. The van der Waals surface area contributed by atoms with E-state index in [1.165, 1.54) is 0 Å². The highest BCUT2D eigenvalue weighted by atomic mass is 16.7. The first-order valence-corrected chi connectivity index (χ1v) is 5.10. The third-order valence-corrected chi connectivity index (χ3v) is 2.46. The average Bonchev–Trinajstić information content (AvgIpc) is 2.14. The number of aliphatic hydroxyl groups is 1. The number of rotatable bonds is 1. The summed E-state index contributed by atoms with van der Waals surface area (Å²) < 4.78 is 11.3. The van der Waals surface area contributed by atoms with E-state index in [0.717, 1.165) is 16.9 Å². The smallest absolute Gasteiger partial charge is 0.205 e. The van der Waals surface area contributed by atoms with E-state index in [9.17, 15) is 5.11 Å². The van der Waals surface area contributed by atoms with Crippen LogP contribution in [0.3, 0.4) is 0 Å². The van der Waals surface area contributed by atoms with Crippen LogP contribution in [-0.4, -0.2) is 17.5 Å². The van der Waals surface area contributed by atoms with E-state index >= 15 is 0 Å². The lowest BCUT2D eigenvalue weighted by atomic mass is 10.0. The quantitative estimate of drug-likeness (QED) is 0.768. The lowest BCUT2D eigenvalue weighted by Gasteiger charge is -2.37. The van der Waals surface area contributed by atoms with Crippen molar-refractivity contribution in [3.63, 3.8) is 0 Å². The number of aryl methyl sites for hydroxylation is 1. The monoisotopic (exact) mass is 208 g/mol. The highest BCUT2D eigenvalue weighted by Gasteiger charge is 2.33. The van der Waals surface area contributed by atoms with Gasteiger partial charge in [0.15, 0.2) is 0 Å². The molecule has 0 aromatic heterocycles. The van der Waals surface area contributed by atoms with E-state index in [0.29, 0.717) is 0 Å². The van der Waals surface area contributed by atoms with Crippen molar-refractivity contribution < 1.29 is 14.6 Å². The van der Waals surface area contributed by atoms with Gasteiger partial charge in [-0.3, -0.25) is 0 Å². The summed E-state index contributed by atoms with van der Waals surface area (Å²) in [6, 6.07) is 5.91. The van der Waals surface area contributed by atoms with Crippen LogP contribution in [0.25, 0.3) is 0 Å². The van der Waals surface area contributed by atoms with Crippen molar-refractivity contribution in [1.82, 2.24) is 0 Å². The maximum atomic E-state index is 9.26. The van der Waals surface area contributed by atoms with E-state index < -0.39 is 5.79 Å². The summed E-state index contributed by atoms with van der Waals surface area (Å²) in [6.45, 7) is 5.69. The molecule has 0 aliphatic carbocycles. The Kier molecular flexibility index (Phi) is 2.44. The minimum absolute atomic E-state index is 0.0249. The van der Waals surface area contributed by atoms with Crippen LogP contribution in [-0.2, 0) is 4.74 Å². The van der Waals surface area contributed by atoms with E-state index in [-0.39, 0.29) is 12.7 Å². The van der Waals surface area contributed by atoms with E-state index in [1.54, 1.807) is 0 Å². The van der Waals surface area contributed by atoms with Gasteiger partial charge in [0.05, 0.1) is 6.61 Å². The van der Waals surface area contributed by atoms with Crippen LogP contribution in [0, 0.1) is 6.92 Å². The molecule has 82 valence electrons. The minimum Gasteiger partial charge on any atom is -0.463 e. The van der Waals surface area contributed by atoms with Crippen LogP contribution < -0.4 is 4.74 Å². The maximum absolute atomic E-state index is 9.26. The van der Waals surface area contributed by atoms with Crippen LogP contribution >= 0.6 is 0 Å². The van der Waals surface area contributed by atoms with E-state index in [1.807, 2.05) is 39.0 Å². The normalized spacial score (nSPS) is 23.1. The molecule has 1 unspecified atom stereocenters. The molecule has 1 aliphatic heterocycles. The molecule has 0 saturated carbocycles. The highest BCUT2D eigenvalue weighted by Crippen LogP contribution is 2.38. The standard InChI is InChI=1S/C12H16O3/c1-8-4-5-9-10(6-8)14-12(2,3)15-11(9)7-13/h4-6,11,13H,7H2,1-3H3. The molecule has 1 aromatic rings. The fraction of sp³-hybridized carbons (Fsp3) is 0.500. The van der Waals surface area contributed by atoms with Crippen molar-refractivity contribution in [2.45, 2.75) is 32.7 Å². The number of ether oxygens (including phenoxy) is 2. The van der Waals surface area contributed by atoms with Crippen LogP contribution in [0.5, 0.6) is 5.75 Å². The molecule has 3 nitrogen and oxygen atoms in total. The van der Waals surface area contributed by atoms with Gasteiger partial charge in [-0.15, -0.1) is 0 Å². The fourth-order valence-corrected chi connectivity index (χ4v) is 1.83. The first-order chi connectivity index (χ1) is 7.02. The second-order valence-electron chi connectivity index (χ2n) is 4.33. The van der Waals surface area contributed by atoms with Crippen molar-refractivity contribution in [3.05, 3.63) is 29.3 Å². The molecular formula is C12H16O3. The van der Waals surface area contributed by atoms with Crippen LogP contribution in [0.4, 0.5) is 0 Å². The zero-order valence-electron chi connectivity index (χ0n) is 9.28. The Morgan fingerprint density at radius 3 is 2.80 bits per heavy atom. The van der Waals surface area contributed by atoms with Crippen molar-refractivity contribution >= 4 is 0 Å². The third kappa shape index (κ3) is 1.98. The highest BCUT2D eigenvalue weighted by molar-refractivity contribution is 5.40. The van der Waals surface area contributed by atoms with Crippen LogP contribution in [0.1, 0.15) is 31.1 Å². The molecule has 1 N–H and O–H groups in total. The topological polar surface area (TPSA) is 38.7 Å². The molecule has 0 spiro atoms. The lowest BCUT2D eigenvalue weighted by molar-refractivity contribution is -0.214. The summed E-state index contributed by atoms with van der Waals surface area (Å²) in [5.41, 5.74) is 2.06. The molecule has 1 heterocycles. The van der Waals surface area contributed by atoms with Crippen LogP contribution in [0.2, 0.25) is 0 Å². The van der Waals surface area contributed by atoms with Crippen molar-refractivity contribution in [2.24, 2.45) is 0 Å². The minimum atomic E-state index is -0.672. The summed E-state index contributed by atoms with van der Waals surface area (Å²) in [7, 11) is 0. The fourth-order valence-electron chi connectivity index (χ4n) is 1.83. The zero-order valence-corrected chi connectivity index (χ0v) is 9.28. The second kappa shape index (κ2) is 3.51. The predicted octanol–water partition coefficient (Wildman–Crippen LogP) is 2.17. The Morgan fingerprint density at radius 2 is 2.13 bits per heavy atom. The van der Waals surface area contributed by atoms with Crippen molar-refractivity contribution in [3.8, 4) is 5.75 Å². The average molecular weight is 208 g/mol. The van der Waals surface area contributed by atoms with Gasteiger partial charge in [-0.25, -0.2) is 0 Å². The molecule has 0 amide bonds. The molecule has 1 aromatic carbocycles. The van der Waals surface area contributed by atoms with Crippen molar-refractivity contribution in [2.75, 3.05) is 6.61 Å². The molecule has 15 heavy (non-hydrogen) atoms. The third-order valence-electron chi connectivity index (χ3n) is 2.46. The number of fused-ring (bicyclic) bond motifs is 1. The molecule has 1 atom stereocenters. The molecular weight excluding hydrogens is 192 g/mol. The van der Waals surface area contributed by atoms with Gasteiger partial charge >= 0.3 is 0 Å². The molecule has 0 saturated heterocycles. The summed E-state index contributed by atoms with van der Waals surface area (Å²) in [5, 5.41) is 9.26. The van der Waals surface area contributed by atoms with Gasteiger partial charge in [-0.1, -0.05) is 12.1 Å². The maximum Gasteiger partial charge on any atom is 0.205 e. The largest absolute Gasteiger partial charge is 0.463 e. The molecule has 1 aliphatic rings. The van der Waals surface area contributed by atoms with Gasteiger partial charge in [0.25, 0.3) is 0 Å². The van der Waals surface area contributed by atoms with Gasteiger partial charge in [-0.2, -0.15) is 0 Å².